The Kier molecular flexibility index (Phi) is 2.04. The van der Waals surface area contributed by atoms with E-state index in [0.717, 1.165) is 18.7 Å². The average Bonchev–Trinajstić information content (AvgIpc) is 2.63. The molecule has 0 fully saturated rings. The molecule has 0 saturated heterocycles. The average molecular weight is 179 g/mol. The fourth-order valence-corrected chi connectivity index (χ4v) is 1.65. The van der Waals surface area contributed by atoms with Gasteiger partial charge in [-0.05, 0) is 12.0 Å². The predicted molar refractivity (Wildman–Crippen MR) is 48.0 cm³/mol. The maximum atomic E-state index is 11.4. The number of aromatic nitrogens is 2. The molecule has 0 bridgehead atoms. The lowest BCUT2D eigenvalue weighted by Gasteiger charge is -2.25. The minimum absolute atomic E-state index is 0.222. The number of amides is 1. The number of hydrogen-bond acceptors (Lipinski definition) is 2. The molecule has 1 aromatic heterocycles. The Morgan fingerprint density at radius 3 is 3.38 bits per heavy atom. The number of nitrogens with one attached hydrogen (secondary N) is 1. The van der Waals surface area contributed by atoms with Crippen molar-refractivity contribution in [1.29, 1.82) is 0 Å². The van der Waals surface area contributed by atoms with Gasteiger partial charge in [0.25, 0.3) is 0 Å². The molecular formula is C9H13N3O. The molecule has 1 aliphatic rings. The lowest BCUT2D eigenvalue weighted by Crippen LogP contribution is -2.35. The second-order valence-corrected chi connectivity index (χ2v) is 3.29. The Balaban J connectivity index is 2.13. The summed E-state index contributed by atoms with van der Waals surface area (Å²) in [5, 5.41) is 6.88. The molecule has 4 heteroatoms. The van der Waals surface area contributed by atoms with Crippen molar-refractivity contribution >= 4 is 5.91 Å². The quantitative estimate of drug-likeness (QED) is 0.690. The third kappa shape index (κ3) is 1.43. The number of hydrogen-bond donors (Lipinski definition) is 1. The van der Waals surface area contributed by atoms with Crippen LogP contribution >= 0.6 is 0 Å². The molecule has 1 N–H and O–H groups in total. The summed E-state index contributed by atoms with van der Waals surface area (Å²) in [6.45, 7) is 3.42. The monoisotopic (exact) mass is 179 g/mol. The van der Waals surface area contributed by atoms with E-state index < -0.39 is 0 Å². The fraction of sp³-hybridized carbons (Fsp3) is 0.556. The van der Waals surface area contributed by atoms with Gasteiger partial charge in [-0.3, -0.25) is 9.89 Å². The minimum Gasteiger partial charge on any atom is -0.336 e. The van der Waals surface area contributed by atoms with Gasteiger partial charge in [-0.25, -0.2) is 0 Å². The number of nitrogens with zero attached hydrogens (tertiary/aromatic N) is 2. The summed E-state index contributed by atoms with van der Waals surface area (Å²) < 4.78 is 0. The molecule has 0 atom stereocenters. The van der Waals surface area contributed by atoms with E-state index in [-0.39, 0.29) is 5.91 Å². The molecule has 0 saturated carbocycles. The first kappa shape index (κ1) is 8.29. The van der Waals surface area contributed by atoms with Crippen LogP contribution in [0.5, 0.6) is 0 Å². The Labute approximate surface area is 76.9 Å². The normalized spacial score (nSPS) is 15.6. The molecule has 2 rings (SSSR count). The number of carbonyl (C=O) groups is 1. The molecule has 1 amide bonds. The standard InChI is InChI=1S/C9H13N3O/c1-2-9(13)12-4-3-7-5-10-11-8(7)6-12/h5H,2-4,6H2,1H3,(H,10,11). The van der Waals surface area contributed by atoms with Crippen LogP contribution in [-0.4, -0.2) is 27.5 Å². The van der Waals surface area contributed by atoms with Gasteiger partial charge in [-0.1, -0.05) is 6.92 Å². The minimum atomic E-state index is 0.222. The molecule has 1 aromatic rings. The first-order valence-electron chi connectivity index (χ1n) is 4.60. The second-order valence-electron chi connectivity index (χ2n) is 3.29. The second kappa shape index (κ2) is 3.20. The van der Waals surface area contributed by atoms with Crippen LogP contribution in [-0.2, 0) is 17.8 Å². The molecule has 1 aliphatic heterocycles. The van der Waals surface area contributed by atoms with Gasteiger partial charge in [0.1, 0.15) is 0 Å². The Bertz CT molecular complexity index is 318. The van der Waals surface area contributed by atoms with Crippen LogP contribution in [0.2, 0.25) is 0 Å². The van der Waals surface area contributed by atoms with Gasteiger partial charge in [0, 0.05) is 13.0 Å². The summed E-state index contributed by atoms with van der Waals surface area (Å²) >= 11 is 0. The van der Waals surface area contributed by atoms with Gasteiger partial charge in [0.05, 0.1) is 18.4 Å². The Morgan fingerprint density at radius 2 is 2.62 bits per heavy atom. The van der Waals surface area contributed by atoms with Crippen molar-refractivity contribution in [1.82, 2.24) is 15.1 Å². The van der Waals surface area contributed by atoms with Gasteiger partial charge in [0.15, 0.2) is 0 Å². The van der Waals surface area contributed by atoms with E-state index in [9.17, 15) is 4.79 Å². The molecule has 0 unspecified atom stereocenters. The molecule has 0 spiro atoms. The third-order valence-electron chi connectivity index (χ3n) is 2.46. The molecule has 0 radical (unpaired) electrons. The summed E-state index contributed by atoms with van der Waals surface area (Å²) in [6, 6.07) is 0. The van der Waals surface area contributed by atoms with Crippen molar-refractivity contribution in [3.8, 4) is 0 Å². The van der Waals surface area contributed by atoms with Gasteiger partial charge in [-0.15, -0.1) is 0 Å². The molecule has 2 heterocycles. The third-order valence-corrected chi connectivity index (χ3v) is 2.46. The highest BCUT2D eigenvalue weighted by Crippen LogP contribution is 2.16. The van der Waals surface area contributed by atoms with Gasteiger partial charge >= 0.3 is 0 Å². The first-order chi connectivity index (χ1) is 6.31. The van der Waals surface area contributed by atoms with E-state index in [1.165, 1.54) is 5.56 Å². The van der Waals surface area contributed by atoms with Crippen molar-refractivity contribution in [2.75, 3.05) is 6.54 Å². The molecule has 70 valence electrons. The Hall–Kier alpha value is -1.32. The van der Waals surface area contributed by atoms with E-state index in [0.29, 0.717) is 13.0 Å². The maximum absolute atomic E-state index is 11.4. The smallest absolute Gasteiger partial charge is 0.222 e. The van der Waals surface area contributed by atoms with Crippen molar-refractivity contribution < 1.29 is 4.79 Å². The van der Waals surface area contributed by atoms with Crippen molar-refractivity contribution in [2.45, 2.75) is 26.3 Å². The molecule has 0 aromatic carbocycles. The Morgan fingerprint density at radius 1 is 1.77 bits per heavy atom. The van der Waals surface area contributed by atoms with Crippen LogP contribution in [0.25, 0.3) is 0 Å². The van der Waals surface area contributed by atoms with E-state index in [1.807, 2.05) is 18.0 Å². The van der Waals surface area contributed by atoms with Crippen LogP contribution in [0, 0.1) is 0 Å². The number of fused-ring (bicyclic) bond motifs is 1. The summed E-state index contributed by atoms with van der Waals surface area (Å²) in [6.07, 6.45) is 3.37. The van der Waals surface area contributed by atoms with Gasteiger partial charge in [-0.2, -0.15) is 5.10 Å². The van der Waals surface area contributed by atoms with E-state index in [4.69, 9.17) is 0 Å². The zero-order valence-corrected chi connectivity index (χ0v) is 7.71. The summed E-state index contributed by atoms with van der Waals surface area (Å²) in [5.74, 6) is 0.222. The van der Waals surface area contributed by atoms with Crippen molar-refractivity contribution in [3.05, 3.63) is 17.5 Å². The summed E-state index contributed by atoms with van der Waals surface area (Å²) in [4.78, 5) is 13.3. The lowest BCUT2D eigenvalue weighted by molar-refractivity contribution is -0.131. The highest BCUT2D eigenvalue weighted by atomic mass is 16.2. The van der Waals surface area contributed by atoms with Crippen LogP contribution < -0.4 is 0 Å². The maximum Gasteiger partial charge on any atom is 0.222 e. The fourth-order valence-electron chi connectivity index (χ4n) is 1.65. The van der Waals surface area contributed by atoms with Crippen LogP contribution in [0.3, 0.4) is 0 Å². The highest BCUT2D eigenvalue weighted by molar-refractivity contribution is 5.76. The summed E-state index contributed by atoms with van der Waals surface area (Å²) in [7, 11) is 0. The molecule has 13 heavy (non-hydrogen) atoms. The first-order valence-corrected chi connectivity index (χ1v) is 4.60. The lowest BCUT2D eigenvalue weighted by atomic mass is 10.1. The number of aromatic amines is 1. The molecule has 4 nitrogen and oxygen atoms in total. The van der Waals surface area contributed by atoms with Crippen LogP contribution in [0.1, 0.15) is 24.6 Å². The van der Waals surface area contributed by atoms with E-state index >= 15 is 0 Å². The number of H-pyrrole nitrogens is 1. The van der Waals surface area contributed by atoms with E-state index in [1.54, 1.807) is 0 Å². The highest BCUT2D eigenvalue weighted by Gasteiger charge is 2.20. The van der Waals surface area contributed by atoms with Crippen LogP contribution in [0.15, 0.2) is 6.20 Å². The van der Waals surface area contributed by atoms with Gasteiger partial charge in [0.2, 0.25) is 5.91 Å². The molecule has 0 aliphatic carbocycles. The van der Waals surface area contributed by atoms with Crippen LogP contribution in [0.4, 0.5) is 0 Å². The van der Waals surface area contributed by atoms with Crippen molar-refractivity contribution in [3.63, 3.8) is 0 Å². The zero-order chi connectivity index (χ0) is 9.26. The molecular weight excluding hydrogens is 166 g/mol. The SMILES string of the molecule is CCC(=O)N1CCc2cn[nH]c2C1. The largest absolute Gasteiger partial charge is 0.336 e. The zero-order valence-electron chi connectivity index (χ0n) is 7.71. The number of carbonyl (C=O) groups excluding carboxylic acids is 1. The summed E-state index contributed by atoms with van der Waals surface area (Å²) in [5.41, 5.74) is 2.34. The topological polar surface area (TPSA) is 49.0 Å². The predicted octanol–water partition coefficient (Wildman–Crippen LogP) is 0.704. The van der Waals surface area contributed by atoms with Crippen molar-refractivity contribution in [2.24, 2.45) is 0 Å². The number of rotatable bonds is 1. The van der Waals surface area contributed by atoms with Gasteiger partial charge < -0.3 is 4.90 Å². The van der Waals surface area contributed by atoms with E-state index in [2.05, 4.69) is 10.2 Å².